The number of ether oxygens (including phenoxy) is 1. The third kappa shape index (κ3) is 5.25. The number of nitrogens with zero attached hydrogens (tertiary/aromatic N) is 6. The molecule has 13 nitrogen and oxygen atoms in total. The molecule has 3 N–H and O–H groups in total. The van der Waals surface area contributed by atoms with E-state index in [-0.39, 0.29) is 11.6 Å². The minimum atomic E-state index is -0.565. The standard InChI is InChI=1S/C18H23N9O4/c28-18(19-13-3-5-14(6-4-13)27(29)30)24-23-15-20-16(25-7-1-2-8-25)22-17(21-15)26-9-11-31-12-10-26/h3-6H,1-2,7-12H2,(H2,19,24,28)(H,20,21,22,23). The van der Waals surface area contributed by atoms with Gasteiger partial charge in [-0.3, -0.25) is 15.5 Å². The number of non-ortho nitro benzene ring substituents is 1. The minimum absolute atomic E-state index is 0.0562. The molecule has 0 bridgehead atoms. The molecule has 3 heterocycles. The van der Waals surface area contributed by atoms with Gasteiger partial charge in [0.05, 0.1) is 18.1 Å². The Balaban J connectivity index is 1.43. The van der Waals surface area contributed by atoms with Crippen molar-refractivity contribution in [2.45, 2.75) is 12.8 Å². The predicted octanol–water partition coefficient (Wildman–Crippen LogP) is 1.37. The van der Waals surface area contributed by atoms with E-state index in [9.17, 15) is 14.9 Å². The normalized spacial score (nSPS) is 16.1. The number of aromatic nitrogens is 3. The zero-order chi connectivity index (χ0) is 21.6. The number of carbonyl (C=O) groups is 1. The van der Waals surface area contributed by atoms with Crippen molar-refractivity contribution in [1.82, 2.24) is 20.4 Å². The average molecular weight is 429 g/mol. The first-order valence-corrected chi connectivity index (χ1v) is 10.00. The summed E-state index contributed by atoms with van der Waals surface area (Å²) in [5, 5.41) is 13.3. The third-order valence-electron chi connectivity index (χ3n) is 4.92. The zero-order valence-electron chi connectivity index (χ0n) is 16.8. The molecular formula is C18H23N9O4. The molecule has 0 aliphatic carbocycles. The van der Waals surface area contributed by atoms with Crippen LogP contribution in [0.3, 0.4) is 0 Å². The number of carbonyl (C=O) groups excluding carboxylic acids is 1. The van der Waals surface area contributed by atoms with Gasteiger partial charge in [0.1, 0.15) is 0 Å². The quantitative estimate of drug-likeness (QED) is 0.453. The maximum Gasteiger partial charge on any atom is 0.337 e. The molecule has 4 rings (SSSR count). The number of hydrazine groups is 1. The van der Waals surface area contributed by atoms with Gasteiger partial charge in [0.25, 0.3) is 5.69 Å². The lowest BCUT2D eigenvalue weighted by Gasteiger charge is -2.28. The van der Waals surface area contributed by atoms with Gasteiger partial charge in [0.2, 0.25) is 17.8 Å². The van der Waals surface area contributed by atoms with Crippen LogP contribution in [0.1, 0.15) is 12.8 Å². The molecule has 2 aliphatic heterocycles. The molecular weight excluding hydrogens is 406 g/mol. The molecule has 31 heavy (non-hydrogen) atoms. The van der Waals surface area contributed by atoms with Gasteiger partial charge in [0, 0.05) is 44.0 Å². The monoisotopic (exact) mass is 429 g/mol. The summed E-state index contributed by atoms with van der Waals surface area (Å²) >= 11 is 0. The topological polar surface area (TPSA) is 151 Å². The fraction of sp³-hybridized carbons (Fsp3) is 0.444. The summed E-state index contributed by atoms with van der Waals surface area (Å²) in [5.74, 6) is 1.31. The fourth-order valence-corrected chi connectivity index (χ4v) is 3.31. The Hall–Kier alpha value is -3.74. The van der Waals surface area contributed by atoms with Crippen LogP contribution in [-0.4, -0.2) is 65.3 Å². The fourth-order valence-electron chi connectivity index (χ4n) is 3.31. The number of urea groups is 1. The summed E-state index contributed by atoms with van der Waals surface area (Å²) in [6.07, 6.45) is 2.16. The van der Waals surface area contributed by atoms with Gasteiger partial charge in [-0.05, 0) is 25.0 Å². The third-order valence-corrected chi connectivity index (χ3v) is 4.92. The smallest absolute Gasteiger partial charge is 0.337 e. The second-order valence-corrected chi connectivity index (χ2v) is 7.06. The first kappa shape index (κ1) is 20.5. The Morgan fingerprint density at radius 2 is 1.58 bits per heavy atom. The van der Waals surface area contributed by atoms with E-state index >= 15 is 0 Å². The van der Waals surface area contributed by atoms with Crippen molar-refractivity contribution in [3.8, 4) is 0 Å². The maximum atomic E-state index is 12.2. The molecule has 0 radical (unpaired) electrons. The molecule has 0 saturated carbocycles. The van der Waals surface area contributed by atoms with Crippen LogP contribution in [0.4, 0.5) is 34.0 Å². The largest absolute Gasteiger partial charge is 0.378 e. The van der Waals surface area contributed by atoms with Crippen molar-refractivity contribution < 1.29 is 14.5 Å². The van der Waals surface area contributed by atoms with Crippen LogP contribution in [0.2, 0.25) is 0 Å². The van der Waals surface area contributed by atoms with Crippen molar-refractivity contribution >= 4 is 35.3 Å². The second kappa shape index (κ2) is 9.38. The summed E-state index contributed by atoms with van der Waals surface area (Å²) in [6, 6.07) is 4.95. The van der Waals surface area contributed by atoms with Crippen LogP contribution in [0.25, 0.3) is 0 Å². The maximum absolute atomic E-state index is 12.2. The molecule has 164 valence electrons. The number of amides is 2. The predicted molar refractivity (Wildman–Crippen MR) is 113 cm³/mol. The highest BCUT2D eigenvalue weighted by Crippen LogP contribution is 2.21. The number of nitro groups is 1. The van der Waals surface area contributed by atoms with Gasteiger partial charge in [-0.2, -0.15) is 15.0 Å². The van der Waals surface area contributed by atoms with E-state index in [2.05, 4.69) is 36.0 Å². The summed E-state index contributed by atoms with van der Waals surface area (Å²) in [7, 11) is 0. The number of morpholine rings is 1. The van der Waals surface area contributed by atoms with E-state index in [4.69, 9.17) is 4.74 Å². The zero-order valence-corrected chi connectivity index (χ0v) is 16.8. The van der Waals surface area contributed by atoms with Crippen LogP contribution in [0.5, 0.6) is 0 Å². The lowest BCUT2D eigenvalue weighted by molar-refractivity contribution is -0.384. The summed E-state index contributed by atoms with van der Waals surface area (Å²) < 4.78 is 5.40. The number of nitro benzene ring substituents is 1. The van der Waals surface area contributed by atoms with Crippen molar-refractivity contribution in [2.24, 2.45) is 0 Å². The van der Waals surface area contributed by atoms with Gasteiger partial charge in [-0.25, -0.2) is 10.2 Å². The van der Waals surface area contributed by atoms with Crippen molar-refractivity contribution in [3.05, 3.63) is 34.4 Å². The van der Waals surface area contributed by atoms with Crippen LogP contribution < -0.4 is 26.0 Å². The molecule has 0 unspecified atom stereocenters. The van der Waals surface area contributed by atoms with E-state index in [1.165, 1.54) is 24.3 Å². The van der Waals surface area contributed by atoms with Gasteiger partial charge in [0.15, 0.2) is 0 Å². The summed E-state index contributed by atoms with van der Waals surface area (Å²) in [4.78, 5) is 40.0. The van der Waals surface area contributed by atoms with Crippen LogP contribution in [0.15, 0.2) is 24.3 Å². The van der Waals surface area contributed by atoms with Crippen molar-refractivity contribution in [1.29, 1.82) is 0 Å². The number of benzene rings is 1. The van der Waals surface area contributed by atoms with E-state index in [0.717, 1.165) is 25.9 Å². The number of nitrogens with one attached hydrogen (secondary N) is 3. The van der Waals surface area contributed by atoms with Crippen LogP contribution >= 0.6 is 0 Å². The highest BCUT2D eigenvalue weighted by Gasteiger charge is 2.21. The molecule has 0 atom stereocenters. The SMILES string of the molecule is O=C(NNc1nc(N2CCCC2)nc(N2CCOCC2)n1)Nc1ccc([N+](=O)[O-])cc1. The van der Waals surface area contributed by atoms with Crippen LogP contribution in [-0.2, 0) is 4.74 Å². The van der Waals surface area contributed by atoms with Gasteiger partial charge >= 0.3 is 6.03 Å². The molecule has 2 saturated heterocycles. The molecule has 2 aliphatic rings. The lowest BCUT2D eigenvalue weighted by Crippen LogP contribution is -2.39. The molecule has 2 amide bonds. The first-order chi connectivity index (χ1) is 15.1. The molecule has 1 aromatic heterocycles. The highest BCUT2D eigenvalue weighted by atomic mass is 16.6. The van der Waals surface area contributed by atoms with Gasteiger partial charge < -0.3 is 19.9 Å². The van der Waals surface area contributed by atoms with E-state index in [0.29, 0.717) is 43.9 Å². The number of hydrogen-bond acceptors (Lipinski definition) is 10. The Labute approximate surface area is 177 Å². The number of hydrogen-bond donors (Lipinski definition) is 3. The van der Waals surface area contributed by atoms with Gasteiger partial charge in [-0.15, -0.1) is 0 Å². The Bertz CT molecular complexity index is 928. The molecule has 1 aromatic carbocycles. The Kier molecular flexibility index (Phi) is 6.21. The molecule has 2 aromatic rings. The number of rotatable bonds is 6. The molecule has 13 heteroatoms. The lowest BCUT2D eigenvalue weighted by atomic mass is 10.3. The van der Waals surface area contributed by atoms with Crippen molar-refractivity contribution in [3.63, 3.8) is 0 Å². The second-order valence-electron chi connectivity index (χ2n) is 7.06. The van der Waals surface area contributed by atoms with E-state index in [1.54, 1.807) is 0 Å². The Morgan fingerprint density at radius 3 is 2.19 bits per heavy atom. The highest BCUT2D eigenvalue weighted by molar-refractivity contribution is 5.89. The van der Waals surface area contributed by atoms with E-state index < -0.39 is 11.0 Å². The minimum Gasteiger partial charge on any atom is -0.378 e. The number of anilines is 4. The van der Waals surface area contributed by atoms with Crippen molar-refractivity contribution in [2.75, 3.05) is 59.9 Å². The average Bonchev–Trinajstić information content (AvgIpc) is 3.34. The van der Waals surface area contributed by atoms with Crippen LogP contribution in [0, 0.1) is 10.1 Å². The van der Waals surface area contributed by atoms with E-state index in [1.807, 2.05) is 4.90 Å². The molecule has 2 fully saturated rings. The Morgan fingerprint density at radius 1 is 0.968 bits per heavy atom. The first-order valence-electron chi connectivity index (χ1n) is 10.00. The molecule has 0 spiro atoms. The van der Waals surface area contributed by atoms with Gasteiger partial charge in [-0.1, -0.05) is 0 Å². The summed E-state index contributed by atoms with van der Waals surface area (Å²) in [5.41, 5.74) is 5.56. The summed E-state index contributed by atoms with van der Waals surface area (Å²) in [6.45, 7) is 4.31.